The summed E-state index contributed by atoms with van der Waals surface area (Å²) in [7, 11) is 0. The highest BCUT2D eigenvalue weighted by Crippen LogP contribution is 2.17. The molecule has 0 aliphatic rings. The van der Waals surface area contributed by atoms with Gasteiger partial charge >= 0.3 is 0 Å². The first kappa shape index (κ1) is 8.95. The van der Waals surface area contributed by atoms with E-state index in [0.717, 1.165) is 17.2 Å². The topological polar surface area (TPSA) is 0 Å². The van der Waals surface area contributed by atoms with E-state index >= 15 is 0 Å². The molecule has 1 rings (SSSR count). The third-order valence-electron chi connectivity index (χ3n) is 1.72. The van der Waals surface area contributed by atoms with Crippen molar-refractivity contribution in [2.75, 3.05) is 0 Å². The molecule has 0 aromatic heterocycles. The zero-order valence-corrected chi connectivity index (χ0v) is 8.12. The number of halogens is 1. The number of thiol groups is 1. The van der Waals surface area contributed by atoms with Crippen molar-refractivity contribution in [2.45, 2.75) is 19.1 Å². The summed E-state index contributed by atoms with van der Waals surface area (Å²) in [5, 5.41) is 0.812. The van der Waals surface area contributed by atoms with E-state index in [1.807, 2.05) is 18.2 Å². The molecule has 0 saturated carbocycles. The lowest BCUT2D eigenvalue weighted by Crippen LogP contribution is -1.88. The Balaban J connectivity index is 3.06. The Hall–Kier alpha value is -0.140. The fraction of sp³-hybridized carbons (Fsp3) is 0.333. The van der Waals surface area contributed by atoms with Crippen LogP contribution in [-0.4, -0.2) is 0 Å². The molecule has 0 saturated heterocycles. The molecule has 0 atom stereocenters. The van der Waals surface area contributed by atoms with Crippen LogP contribution in [0.25, 0.3) is 0 Å². The van der Waals surface area contributed by atoms with Gasteiger partial charge in [-0.05, 0) is 29.7 Å². The van der Waals surface area contributed by atoms with Crippen LogP contribution in [0.3, 0.4) is 0 Å². The molecule has 0 N–H and O–H groups in total. The van der Waals surface area contributed by atoms with Crippen LogP contribution in [0.15, 0.2) is 18.2 Å². The van der Waals surface area contributed by atoms with Gasteiger partial charge in [0.05, 0.1) is 0 Å². The van der Waals surface area contributed by atoms with Gasteiger partial charge in [0, 0.05) is 10.8 Å². The van der Waals surface area contributed by atoms with E-state index in [4.69, 9.17) is 11.6 Å². The number of hydrogen-bond acceptors (Lipinski definition) is 1. The first-order valence-electron chi connectivity index (χ1n) is 3.66. The molecule has 0 aliphatic carbocycles. The smallest absolute Gasteiger partial charge is 0.0408 e. The van der Waals surface area contributed by atoms with Crippen molar-refractivity contribution < 1.29 is 0 Å². The molecule has 0 fully saturated rings. The molecule has 1 aromatic rings. The maximum atomic E-state index is 5.83. The first-order valence-corrected chi connectivity index (χ1v) is 4.67. The van der Waals surface area contributed by atoms with Gasteiger partial charge in [-0.3, -0.25) is 0 Å². The third-order valence-corrected chi connectivity index (χ3v) is 2.30. The van der Waals surface area contributed by atoms with Crippen molar-refractivity contribution in [2.24, 2.45) is 0 Å². The maximum Gasteiger partial charge on any atom is 0.0408 e. The summed E-state index contributed by atoms with van der Waals surface area (Å²) in [6.45, 7) is 2.12. The molecule has 2 heteroatoms. The average molecular weight is 187 g/mol. The fourth-order valence-corrected chi connectivity index (χ4v) is 1.58. The number of hydrogen-bond donors (Lipinski definition) is 1. The fourth-order valence-electron chi connectivity index (χ4n) is 1.08. The molecular weight excluding hydrogens is 176 g/mol. The number of benzene rings is 1. The van der Waals surface area contributed by atoms with Gasteiger partial charge < -0.3 is 0 Å². The Labute approximate surface area is 78.0 Å². The number of aryl methyl sites for hydroxylation is 1. The van der Waals surface area contributed by atoms with Crippen LogP contribution >= 0.6 is 24.2 Å². The van der Waals surface area contributed by atoms with Gasteiger partial charge in [0.15, 0.2) is 0 Å². The standard InChI is InChI=1S/C9H11ClS/c1-2-7-5-9(10)4-3-8(7)6-11/h3-5,11H,2,6H2,1H3. The second-order valence-electron chi connectivity index (χ2n) is 2.42. The van der Waals surface area contributed by atoms with E-state index in [0.29, 0.717) is 0 Å². The molecule has 60 valence electrons. The summed E-state index contributed by atoms with van der Waals surface area (Å²) in [6, 6.07) is 5.95. The van der Waals surface area contributed by atoms with Gasteiger partial charge in [-0.15, -0.1) is 0 Å². The molecule has 0 heterocycles. The van der Waals surface area contributed by atoms with Crippen molar-refractivity contribution in [3.05, 3.63) is 34.3 Å². The molecule has 0 nitrogen and oxygen atoms in total. The molecule has 0 aliphatic heterocycles. The molecule has 0 radical (unpaired) electrons. The van der Waals surface area contributed by atoms with Crippen molar-refractivity contribution >= 4 is 24.2 Å². The zero-order chi connectivity index (χ0) is 8.27. The van der Waals surface area contributed by atoms with Crippen molar-refractivity contribution in [3.63, 3.8) is 0 Å². The van der Waals surface area contributed by atoms with Crippen LogP contribution in [0.2, 0.25) is 5.02 Å². The second kappa shape index (κ2) is 4.03. The van der Waals surface area contributed by atoms with Crippen molar-refractivity contribution in [3.8, 4) is 0 Å². The third kappa shape index (κ3) is 2.14. The van der Waals surface area contributed by atoms with Crippen LogP contribution in [0, 0.1) is 0 Å². The van der Waals surface area contributed by atoms with E-state index < -0.39 is 0 Å². The highest BCUT2D eigenvalue weighted by atomic mass is 35.5. The Morgan fingerprint density at radius 3 is 2.64 bits per heavy atom. The molecule has 0 spiro atoms. The quantitative estimate of drug-likeness (QED) is 0.674. The van der Waals surface area contributed by atoms with Crippen LogP contribution in [0.1, 0.15) is 18.1 Å². The molecule has 11 heavy (non-hydrogen) atoms. The highest BCUT2D eigenvalue weighted by molar-refractivity contribution is 7.79. The van der Waals surface area contributed by atoms with Crippen LogP contribution in [0.4, 0.5) is 0 Å². The molecule has 0 amide bonds. The molecule has 0 bridgehead atoms. The SMILES string of the molecule is CCc1cc(Cl)ccc1CS. The minimum atomic E-state index is 0.792. The largest absolute Gasteiger partial charge is 0.175 e. The van der Waals surface area contributed by atoms with Gasteiger partial charge in [0.25, 0.3) is 0 Å². The summed E-state index contributed by atoms with van der Waals surface area (Å²) in [5.74, 6) is 0.792. The van der Waals surface area contributed by atoms with Gasteiger partial charge in [-0.2, -0.15) is 12.6 Å². The average Bonchev–Trinajstić information content (AvgIpc) is 2.04. The van der Waals surface area contributed by atoms with Crippen molar-refractivity contribution in [1.82, 2.24) is 0 Å². The Morgan fingerprint density at radius 1 is 1.36 bits per heavy atom. The summed E-state index contributed by atoms with van der Waals surface area (Å²) >= 11 is 10.1. The van der Waals surface area contributed by atoms with Gasteiger partial charge in [0.1, 0.15) is 0 Å². The minimum Gasteiger partial charge on any atom is -0.175 e. The molecular formula is C9H11ClS. The van der Waals surface area contributed by atoms with E-state index in [2.05, 4.69) is 19.6 Å². The van der Waals surface area contributed by atoms with Gasteiger partial charge in [0.2, 0.25) is 0 Å². The minimum absolute atomic E-state index is 0.792. The summed E-state index contributed by atoms with van der Waals surface area (Å²) in [5.41, 5.74) is 2.58. The Bertz CT molecular complexity index is 245. The Morgan fingerprint density at radius 2 is 2.09 bits per heavy atom. The molecule has 1 aromatic carbocycles. The lowest BCUT2D eigenvalue weighted by molar-refractivity contribution is 1.10. The summed E-state index contributed by atoms with van der Waals surface area (Å²) < 4.78 is 0. The Kier molecular flexibility index (Phi) is 3.28. The number of rotatable bonds is 2. The second-order valence-corrected chi connectivity index (χ2v) is 3.18. The van der Waals surface area contributed by atoms with E-state index in [9.17, 15) is 0 Å². The van der Waals surface area contributed by atoms with E-state index in [1.165, 1.54) is 11.1 Å². The van der Waals surface area contributed by atoms with Crippen molar-refractivity contribution in [1.29, 1.82) is 0 Å². The summed E-state index contributed by atoms with van der Waals surface area (Å²) in [6.07, 6.45) is 1.02. The van der Waals surface area contributed by atoms with E-state index in [-0.39, 0.29) is 0 Å². The summed E-state index contributed by atoms with van der Waals surface area (Å²) in [4.78, 5) is 0. The lowest BCUT2D eigenvalue weighted by atomic mass is 10.1. The van der Waals surface area contributed by atoms with Gasteiger partial charge in [-0.1, -0.05) is 24.6 Å². The van der Waals surface area contributed by atoms with Crippen LogP contribution < -0.4 is 0 Å². The monoisotopic (exact) mass is 186 g/mol. The predicted molar refractivity (Wildman–Crippen MR) is 53.5 cm³/mol. The zero-order valence-electron chi connectivity index (χ0n) is 6.47. The maximum absolute atomic E-state index is 5.83. The van der Waals surface area contributed by atoms with Gasteiger partial charge in [-0.25, -0.2) is 0 Å². The first-order chi connectivity index (χ1) is 5.27. The predicted octanol–water partition coefficient (Wildman–Crippen LogP) is 3.33. The normalized spacial score (nSPS) is 10.1. The van der Waals surface area contributed by atoms with Crippen LogP contribution in [-0.2, 0) is 12.2 Å². The molecule has 0 unspecified atom stereocenters. The van der Waals surface area contributed by atoms with E-state index in [1.54, 1.807) is 0 Å². The van der Waals surface area contributed by atoms with Crippen LogP contribution in [0.5, 0.6) is 0 Å². The lowest BCUT2D eigenvalue weighted by Gasteiger charge is -2.04. The highest BCUT2D eigenvalue weighted by Gasteiger charge is 1.98.